The number of nitrogens with one attached hydrogen (secondary N) is 2. The van der Waals surface area contributed by atoms with E-state index in [1.807, 2.05) is 13.8 Å². The fourth-order valence-electron chi connectivity index (χ4n) is 3.06. The summed E-state index contributed by atoms with van der Waals surface area (Å²) in [6, 6.07) is 9.86. The Hall–Kier alpha value is -3.02. The number of aromatic nitrogens is 1. The number of para-hydroxylation sites is 1. The number of hydrogen-bond donors (Lipinski definition) is 2. The van der Waals surface area contributed by atoms with E-state index in [0.29, 0.717) is 16.0 Å². The Kier molecular flexibility index (Phi) is 6.51. The highest BCUT2D eigenvalue weighted by molar-refractivity contribution is 7.22. The summed E-state index contributed by atoms with van der Waals surface area (Å²) in [7, 11) is 1.14. The van der Waals surface area contributed by atoms with Gasteiger partial charge in [0.15, 0.2) is 5.13 Å². The summed E-state index contributed by atoms with van der Waals surface area (Å²) in [5.74, 6) is -1.72. The first-order valence-electron chi connectivity index (χ1n) is 9.56. The van der Waals surface area contributed by atoms with Gasteiger partial charge in [0.05, 0.1) is 22.9 Å². The van der Waals surface area contributed by atoms with E-state index in [1.54, 1.807) is 12.1 Å². The molecule has 1 heterocycles. The van der Waals surface area contributed by atoms with Crippen LogP contribution >= 0.6 is 11.3 Å². The molecule has 0 aliphatic carbocycles. The number of amides is 1. The third-order valence-corrected chi connectivity index (χ3v) is 5.81. The molecule has 12 heteroatoms. The summed E-state index contributed by atoms with van der Waals surface area (Å²) in [6.07, 6.45) is -11.9. The van der Waals surface area contributed by atoms with Crippen LogP contribution in [-0.4, -0.2) is 36.0 Å². The van der Waals surface area contributed by atoms with Gasteiger partial charge in [0.2, 0.25) is 0 Å². The van der Waals surface area contributed by atoms with Gasteiger partial charge in [0.25, 0.3) is 5.91 Å². The first kappa shape index (κ1) is 24.6. The molecule has 3 rings (SSSR count). The molecule has 33 heavy (non-hydrogen) atoms. The number of methoxy groups -OCH3 is 1. The molecule has 2 aromatic carbocycles. The number of benzene rings is 2. The van der Waals surface area contributed by atoms with E-state index in [2.05, 4.69) is 4.98 Å². The summed E-state index contributed by atoms with van der Waals surface area (Å²) in [6.45, 7) is 3.79. The van der Waals surface area contributed by atoms with Gasteiger partial charge >= 0.3 is 18.0 Å². The van der Waals surface area contributed by atoms with Gasteiger partial charge in [-0.25, -0.2) is 4.98 Å². The Morgan fingerprint density at radius 2 is 1.67 bits per heavy atom. The zero-order valence-corrected chi connectivity index (χ0v) is 18.4. The zero-order chi connectivity index (χ0) is 24.6. The van der Waals surface area contributed by atoms with E-state index in [1.165, 1.54) is 29.6 Å². The number of rotatable bonds is 6. The number of carbonyl (C=O) groups excluding carboxylic acids is 1. The van der Waals surface area contributed by atoms with E-state index in [0.717, 1.165) is 24.1 Å². The third kappa shape index (κ3) is 4.70. The Morgan fingerprint density at radius 3 is 2.24 bits per heavy atom. The predicted octanol–water partition coefficient (Wildman–Crippen LogP) is 6.09. The van der Waals surface area contributed by atoms with Crippen molar-refractivity contribution in [1.29, 1.82) is 0 Å². The largest absolute Gasteiger partial charge is 0.496 e. The van der Waals surface area contributed by atoms with Gasteiger partial charge < -0.3 is 15.4 Å². The molecule has 0 bridgehead atoms. The summed E-state index contributed by atoms with van der Waals surface area (Å²) >= 11 is 0.620. The summed E-state index contributed by atoms with van der Waals surface area (Å²) in [4.78, 5) is 16.4. The minimum atomic E-state index is -5.97. The van der Waals surface area contributed by atoms with E-state index in [4.69, 9.17) is 4.74 Å². The lowest BCUT2D eigenvalue weighted by atomic mass is 10.0. The van der Waals surface area contributed by atoms with Crippen molar-refractivity contribution in [2.75, 3.05) is 12.4 Å². The molecule has 178 valence electrons. The van der Waals surface area contributed by atoms with Crippen LogP contribution in [0.4, 0.5) is 31.5 Å². The lowest BCUT2D eigenvalue weighted by Gasteiger charge is -2.38. The van der Waals surface area contributed by atoms with Crippen molar-refractivity contribution in [3.05, 3.63) is 53.6 Å². The standard InChI is InChI=1S/C21H19F6N3O2S/c1-11(2)12-8-9-14-16(10-12)33-18(28-14)30-19(20(22,23)24,21(25,26)27)29-17(31)13-6-4-5-7-15(13)32-3/h4-11H,1-3H3,(H,28,30)(H,29,31). The van der Waals surface area contributed by atoms with Crippen molar-refractivity contribution >= 4 is 32.6 Å². The number of carbonyl (C=O) groups is 1. The lowest BCUT2D eigenvalue weighted by molar-refractivity contribution is -0.294. The number of alkyl halides is 6. The van der Waals surface area contributed by atoms with Crippen molar-refractivity contribution in [3.63, 3.8) is 0 Å². The van der Waals surface area contributed by atoms with Gasteiger partial charge in [0.1, 0.15) is 5.75 Å². The van der Waals surface area contributed by atoms with E-state index >= 15 is 0 Å². The molecule has 0 saturated carbocycles. The van der Waals surface area contributed by atoms with Crippen LogP contribution in [0.25, 0.3) is 10.2 Å². The Morgan fingerprint density at radius 1 is 1.03 bits per heavy atom. The number of fused-ring (bicyclic) bond motifs is 1. The van der Waals surface area contributed by atoms with Gasteiger partial charge in [0, 0.05) is 0 Å². The highest BCUT2D eigenvalue weighted by Crippen LogP contribution is 2.45. The third-order valence-electron chi connectivity index (χ3n) is 4.88. The van der Waals surface area contributed by atoms with Crippen LogP contribution < -0.4 is 15.4 Å². The van der Waals surface area contributed by atoms with Gasteiger partial charge in [-0.15, -0.1) is 0 Å². The summed E-state index contributed by atoms with van der Waals surface area (Å²) in [5, 5.41) is 1.89. The SMILES string of the molecule is COc1ccccc1C(=O)NC(Nc1nc2ccc(C(C)C)cc2s1)(C(F)(F)F)C(F)(F)F. The van der Waals surface area contributed by atoms with Crippen molar-refractivity contribution < 1.29 is 35.9 Å². The minimum absolute atomic E-state index is 0.0949. The van der Waals surface area contributed by atoms with Crippen LogP contribution in [0.5, 0.6) is 5.75 Å². The molecule has 0 spiro atoms. The first-order chi connectivity index (χ1) is 15.3. The first-order valence-corrected chi connectivity index (χ1v) is 10.4. The Bertz CT molecular complexity index is 1140. The second kappa shape index (κ2) is 8.73. The molecule has 0 unspecified atom stereocenters. The van der Waals surface area contributed by atoms with Crippen molar-refractivity contribution in [1.82, 2.24) is 10.3 Å². The Balaban J connectivity index is 2.08. The molecule has 3 aromatic rings. The number of anilines is 1. The number of thiazole rings is 1. The van der Waals surface area contributed by atoms with Crippen LogP contribution in [-0.2, 0) is 0 Å². The summed E-state index contributed by atoms with van der Waals surface area (Å²) < 4.78 is 89.2. The van der Waals surface area contributed by atoms with Crippen LogP contribution in [0.2, 0.25) is 0 Å². The van der Waals surface area contributed by atoms with Crippen LogP contribution in [0, 0.1) is 0 Å². The topological polar surface area (TPSA) is 63.2 Å². The van der Waals surface area contributed by atoms with Crippen LogP contribution in [0.15, 0.2) is 42.5 Å². The Labute approximate surface area is 188 Å². The molecule has 0 aliphatic rings. The molecule has 0 aliphatic heterocycles. The van der Waals surface area contributed by atoms with Gasteiger partial charge in [-0.3, -0.25) is 4.79 Å². The smallest absolute Gasteiger partial charge is 0.439 e. The normalized spacial score (nSPS) is 12.8. The van der Waals surface area contributed by atoms with Crippen molar-refractivity contribution in [2.45, 2.75) is 37.8 Å². The monoisotopic (exact) mass is 491 g/mol. The van der Waals surface area contributed by atoms with E-state index in [-0.39, 0.29) is 17.2 Å². The lowest BCUT2D eigenvalue weighted by Crippen LogP contribution is -2.72. The highest BCUT2D eigenvalue weighted by Gasteiger charge is 2.73. The van der Waals surface area contributed by atoms with Gasteiger partial charge in [-0.2, -0.15) is 26.3 Å². The van der Waals surface area contributed by atoms with Crippen molar-refractivity contribution in [2.24, 2.45) is 0 Å². The zero-order valence-electron chi connectivity index (χ0n) is 17.6. The molecule has 0 atom stereocenters. The van der Waals surface area contributed by atoms with E-state index < -0.39 is 34.6 Å². The summed E-state index contributed by atoms with van der Waals surface area (Å²) in [5.41, 5.74) is -4.22. The van der Waals surface area contributed by atoms with E-state index in [9.17, 15) is 31.1 Å². The molecule has 0 fully saturated rings. The molecule has 0 radical (unpaired) electrons. The van der Waals surface area contributed by atoms with Gasteiger partial charge in [-0.1, -0.05) is 43.4 Å². The maximum atomic E-state index is 14.0. The average molecular weight is 491 g/mol. The molecule has 2 N–H and O–H groups in total. The fraction of sp³-hybridized carbons (Fsp3) is 0.333. The molecule has 1 amide bonds. The maximum absolute atomic E-state index is 14.0. The number of halogens is 6. The second-order valence-corrected chi connectivity index (χ2v) is 8.46. The van der Waals surface area contributed by atoms with Crippen LogP contribution in [0.3, 0.4) is 0 Å². The fourth-order valence-corrected chi connectivity index (χ4v) is 4.03. The van der Waals surface area contributed by atoms with Crippen LogP contribution in [0.1, 0.15) is 35.7 Å². The predicted molar refractivity (Wildman–Crippen MR) is 113 cm³/mol. The van der Waals surface area contributed by atoms with Gasteiger partial charge in [-0.05, 0) is 35.7 Å². The van der Waals surface area contributed by atoms with Crippen molar-refractivity contribution in [3.8, 4) is 5.75 Å². The number of hydrogen-bond acceptors (Lipinski definition) is 5. The molecular weight excluding hydrogens is 472 g/mol. The minimum Gasteiger partial charge on any atom is -0.496 e. The molecular formula is C21H19F6N3O2S. The molecule has 0 saturated heterocycles. The second-order valence-electron chi connectivity index (χ2n) is 7.43. The number of ether oxygens (including phenoxy) is 1. The molecule has 5 nitrogen and oxygen atoms in total. The number of nitrogens with zero attached hydrogens (tertiary/aromatic N) is 1. The highest BCUT2D eigenvalue weighted by atomic mass is 32.1. The average Bonchev–Trinajstić information content (AvgIpc) is 3.12. The quantitative estimate of drug-likeness (QED) is 0.324. The molecule has 1 aromatic heterocycles. The maximum Gasteiger partial charge on any atom is 0.439 e.